The molecule has 0 saturated heterocycles. The molecule has 1 amide bonds. The third-order valence-electron chi connectivity index (χ3n) is 5.19. The number of carbonyl (C=O) groups is 1. The summed E-state index contributed by atoms with van der Waals surface area (Å²) in [5, 5.41) is 12.2. The van der Waals surface area contributed by atoms with E-state index in [4.69, 9.17) is 4.74 Å². The summed E-state index contributed by atoms with van der Waals surface area (Å²) >= 11 is 0. The van der Waals surface area contributed by atoms with Crippen LogP contribution in [0.1, 0.15) is 21.6 Å². The summed E-state index contributed by atoms with van der Waals surface area (Å²) in [6.07, 6.45) is 3.46. The van der Waals surface area contributed by atoms with Gasteiger partial charge in [-0.3, -0.25) is 9.89 Å². The van der Waals surface area contributed by atoms with E-state index in [-0.39, 0.29) is 5.91 Å². The molecule has 162 valence electrons. The highest BCUT2D eigenvalue weighted by atomic mass is 16.5. The van der Waals surface area contributed by atoms with Gasteiger partial charge in [0.05, 0.1) is 11.9 Å². The average molecular weight is 435 g/mol. The molecule has 0 bridgehead atoms. The highest BCUT2D eigenvalue weighted by Crippen LogP contribution is 2.23. The molecule has 0 spiro atoms. The van der Waals surface area contributed by atoms with Crippen molar-refractivity contribution in [3.8, 4) is 17.0 Å². The van der Waals surface area contributed by atoms with Gasteiger partial charge in [-0.25, -0.2) is 5.43 Å². The van der Waals surface area contributed by atoms with Crippen LogP contribution in [0.15, 0.2) is 96.2 Å². The van der Waals surface area contributed by atoms with E-state index in [1.165, 1.54) is 0 Å². The second-order valence-corrected chi connectivity index (χ2v) is 7.46. The first kappa shape index (κ1) is 20.3. The first-order valence-electron chi connectivity index (χ1n) is 10.5. The standard InChI is InChI=1S/C26H21N5O2/c32-26(31-28-16-20-15-27-23-12-5-4-11-22(20)23)25-14-24(29-30-25)19-9-6-10-21(13-19)33-17-18-7-2-1-3-8-18/h1-16,27H,17H2,(H,29,30)(H,31,32). The van der Waals surface area contributed by atoms with Gasteiger partial charge < -0.3 is 9.72 Å². The van der Waals surface area contributed by atoms with Crippen molar-refractivity contribution in [3.05, 3.63) is 108 Å². The highest BCUT2D eigenvalue weighted by molar-refractivity contribution is 6.00. The fraction of sp³-hybridized carbons (Fsp3) is 0.0385. The molecule has 0 saturated carbocycles. The van der Waals surface area contributed by atoms with Crippen molar-refractivity contribution in [2.75, 3.05) is 0 Å². The lowest BCUT2D eigenvalue weighted by molar-refractivity contribution is 0.0950. The molecular formula is C26H21N5O2. The maximum atomic E-state index is 12.5. The number of hydrazone groups is 1. The first-order chi connectivity index (χ1) is 16.3. The number of benzene rings is 3. The monoisotopic (exact) mass is 435 g/mol. The number of nitrogens with zero attached hydrogens (tertiary/aromatic N) is 2. The van der Waals surface area contributed by atoms with Gasteiger partial charge in [0, 0.05) is 28.2 Å². The van der Waals surface area contributed by atoms with E-state index in [1.807, 2.05) is 85.1 Å². The number of aromatic amines is 2. The summed E-state index contributed by atoms with van der Waals surface area (Å²) in [5.41, 5.74) is 7.34. The quantitative estimate of drug-likeness (QED) is 0.251. The van der Waals surface area contributed by atoms with Gasteiger partial charge in [-0.1, -0.05) is 60.7 Å². The summed E-state index contributed by atoms with van der Waals surface area (Å²) in [5.74, 6) is 0.356. The third kappa shape index (κ3) is 4.67. The van der Waals surface area contributed by atoms with Crippen molar-refractivity contribution in [3.63, 3.8) is 0 Å². The molecule has 0 fully saturated rings. The van der Waals surface area contributed by atoms with Gasteiger partial charge in [0.15, 0.2) is 0 Å². The molecule has 2 heterocycles. The average Bonchev–Trinajstić information content (AvgIpc) is 3.52. The van der Waals surface area contributed by atoms with Crippen molar-refractivity contribution >= 4 is 23.0 Å². The lowest BCUT2D eigenvalue weighted by atomic mass is 10.1. The van der Waals surface area contributed by atoms with E-state index < -0.39 is 0 Å². The molecule has 7 nitrogen and oxygen atoms in total. The maximum absolute atomic E-state index is 12.5. The van der Waals surface area contributed by atoms with Crippen LogP contribution in [0.4, 0.5) is 0 Å². The topological polar surface area (TPSA) is 95.2 Å². The lowest BCUT2D eigenvalue weighted by Crippen LogP contribution is -2.17. The molecule has 0 atom stereocenters. The number of hydrogen-bond acceptors (Lipinski definition) is 4. The van der Waals surface area contributed by atoms with Gasteiger partial charge in [-0.05, 0) is 29.8 Å². The van der Waals surface area contributed by atoms with Crippen LogP contribution in [-0.2, 0) is 6.61 Å². The van der Waals surface area contributed by atoms with Gasteiger partial charge in [-0.15, -0.1) is 0 Å². The minimum Gasteiger partial charge on any atom is -0.489 e. The predicted molar refractivity (Wildman–Crippen MR) is 128 cm³/mol. The number of hydrogen-bond donors (Lipinski definition) is 3. The molecule has 7 heteroatoms. The number of carbonyl (C=O) groups excluding carboxylic acids is 1. The van der Waals surface area contributed by atoms with Gasteiger partial charge in [0.1, 0.15) is 18.1 Å². The van der Waals surface area contributed by atoms with E-state index in [0.717, 1.165) is 33.3 Å². The van der Waals surface area contributed by atoms with Gasteiger partial charge in [0.25, 0.3) is 5.91 Å². The molecule has 3 N–H and O–H groups in total. The fourth-order valence-electron chi connectivity index (χ4n) is 3.49. The highest BCUT2D eigenvalue weighted by Gasteiger charge is 2.11. The molecular weight excluding hydrogens is 414 g/mol. The maximum Gasteiger partial charge on any atom is 0.289 e. The van der Waals surface area contributed by atoms with E-state index in [9.17, 15) is 4.79 Å². The van der Waals surface area contributed by atoms with Crippen LogP contribution in [0.25, 0.3) is 22.2 Å². The molecule has 0 aliphatic carbocycles. The predicted octanol–water partition coefficient (Wildman–Crippen LogP) is 4.90. The number of rotatable bonds is 7. The summed E-state index contributed by atoms with van der Waals surface area (Å²) in [6.45, 7) is 0.479. The molecule has 0 unspecified atom stereocenters. The van der Waals surface area contributed by atoms with Crippen molar-refractivity contribution in [1.29, 1.82) is 0 Å². The van der Waals surface area contributed by atoms with Crippen molar-refractivity contribution in [2.45, 2.75) is 6.61 Å². The molecule has 0 aliphatic heterocycles. The Bertz CT molecular complexity index is 1420. The fourth-order valence-corrected chi connectivity index (χ4v) is 3.49. The number of H-pyrrole nitrogens is 2. The smallest absolute Gasteiger partial charge is 0.289 e. The second-order valence-electron chi connectivity index (χ2n) is 7.46. The molecule has 33 heavy (non-hydrogen) atoms. The Labute approximate surface area is 190 Å². The van der Waals surface area contributed by atoms with E-state index in [1.54, 1.807) is 12.3 Å². The SMILES string of the molecule is O=C(NN=Cc1c[nH]c2ccccc12)c1cc(-c2cccc(OCc3ccccc3)c2)n[nH]1. The first-order valence-corrected chi connectivity index (χ1v) is 10.5. The summed E-state index contributed by atoms with van der Waals surface area (Å²) in [7, 11) is 0. The van der Waals surface area contributed by atoms with Crippen LogP contribution >= 0.6 is 0 Å². The van der Waals surface area contributed by atoms with E-state index >= 15 is 0 Å². The third-order valence-corrected chi connectivity index (χ3v) is 5.19. The molecule has 3 aromatic carbocycles. The number of nitrogens with one attached hydrogen (secondary N) is 3. The number of ether oxygens (including phenoxy) is 1. The summed E-state index contributed by atoms with van der Waals surface area (Å²) in [4.78, 5) is 15.7. The molecule has 2 aromatic heterocycles. The number of aromatic nitrogens is 3. The van der Waals surface area contributed by atoms with Gasteiger partial charge in [-0.2, -0.15) is 10.2 Å². The largest absolute Gasteiger partial charge is 0.489 e. The van der Waals surface area contributed by atoms with Gasteiger partial charge >= 0.3 is 0 Å². The van der Waals surface area contributed by atoms with Crippen LogP contribution in [0.5, 0.6) is 5.75 Å². The molecule has 5 rings (SSSR count). The molecule has 5 aromatic rings. The summed E-state index contributed by atoms with van der Waals surface area (Å²) < 4.78 is 5.89. The Hall–Kier alpha value is -4.65. The van der Waals surface area contributed by atoms with E-state index in [2.05, 4.69) is 25.7 Å². The Balaban J connectivity index is 1.23. The van der Waals surface area contributed by atoms with Crippen LogP contribution in [0, 0.1) is 0 Å². The van der Waals surface area contributed by atoms with Crippen molar-refractivity contribution in [1.82, 2.24) is 20.6 Å². The van der Waals surface area contributed by atoms with Crippen LogP contribution in [-0.4, -0.2) is 27.3 Å². The number of fused-ring (bicyclic) bond motifs is 1. The zero-order chi connectivity index (χ0) is 22.5. The van der Waals surface area contributed by atoms with Gasteiger partial charge in [0.2, 0.25) is 0 Å². The zero-order valence-corrected chi connectivity index (χ0v) is 17.7. The Morgan fingerprint density at radius 3 is 2.76 bits per heavy atom. The Morgan fingerprint density at radius 2 is 1.85 bits per heavy atom. The Kier molecular flexibility index (Phi) is 5.67. The lowest BCUT2D eigenvalue weighted by Gasteiger charge is -2.07. The summed E-state index contributed by atoms with van der Waals surface area (Å²) in [6, 6.07) is 27.2. The zero-order valence-electron chi connectivity index (χ0n) is 17.7. The van der Waals surface area contributed by atoms with Crippen LogP contribution < -0.4 is 10.2 Å². The minimum atomic E-state index is -0.374. The Morgan fingerprint density at radius 1 is 1.00 bits per heavy atom. The number of amides is 1. The van der Waals surface area contributed by atoms with E-state index in [0.29, 0.717) is 18.0 Å². The second kappa shape index (κ2) is 9.23. The molecule has 0 aliphatic rings. The number of para-hydroxylation sites is 1. The van der Waals surface area contributed by atoms with Crippen molar-refractivity contribution in [2.24, 2.45) is 5.10 Å². The van der Waals surface area contributed by atoms with Crippen LogP contribution in [0.2, 0.25) is 0 Å². The molecule has 0 radical (unpaired) electrons. The normalized spacial score (nSPS) is 11.2. The minimum absolute atomic E-state index is 0.316. The van der Waals surface area contributed by atoms with Crippen molar-refractivity contribution < 1.29 is 9.53 Å². The van der Waals surface area contributed by atoms with Crippen LogP contribution in [0.3, 0.4) is 0 Å².